The van der Waals surface area contributed by atoms with E-state index in [-0.39, 0.29) is 16.5 Å². The van der Waals surface area contributed by atoms with Gasteiger partial charge in [-0.2, -0.15) is 0 Å². The van der Waals surface area contributed by atoms with Crippen molar-refractivity contribution in [2.24, 2.45) is 5.92 Å². The van der Waals surface area contributed by atoms with E-state index < -0.39 is 32.6 Å². The Morgan fingerprint density at radius 1 is 1.33 bits per heavy atom. The van der Waals surface area contributed by atoms with E-state index in [0.29, 0.717) is 6.54 Å². The quantitative estimate of drug-likeness (QED) is 0.869. The molecule has 0 fully saturated rings. The number of hydrogen-bond acceptors (Lipinski definition) is 3. The largest absolute Gasteiger partial charge is 0.355 e. The molecule has 0 aromatic heterocycles. The van der Waals surface area contributed by atoms with Gasteiger partial charge in [0, 0.05) is 11.6 Å². The van der Waals surface area contributed by atoms with Crippen LogP contribution in [-0.4, -0.2) is 26.1 Å². The molecule has 0 aliphatic heterocycles. The van der Waals surface area contributed by atoms with Gasteiger partial charge in [0.15, 0.2) is 9.84 Å². The van der Waals surface area contributed by atoms with E-state index in [1.54, 1.807) is 0 Å². The topological polar surface area (TPSA) is 63.2 Å². The first-order chi connectivity index (χ1) is 9.63. The molecular weight excluding hydrogens is 317 g/mol. The number of carbonyl (C=O) groups excluding carboxylic acids is 1. The normalized spacial score (nSPS) is 13.2. The van der Waals surface area contributed by atoms with Gasteiger partial charge in [-0.15, -0.1) is 0 Å². The number of amides is 1. The molecule has 1 N–H and O–H groups in total. The third-order valence-corrected chi connectivity index (χ3v) is 5.32. The molecule has 21 heavy (non-hydrogen) atoms. The molecule has 0 aliphatic carbocycles. The Hall–Kier alpha value is -1.14. The lowest BCUT2D eigenvalue weighted by Gasteiger charge is -2.15. The van der Waals surface area contributed by atoms with Gasteiger partial charge in [0.25, 0.3) is 0 Å². The van der Waals surface area contributed by atoms with Crippen molar-refractivity contribution in [3.8, 4) is 0 Å². The summed E-state index contributed by atoms with van der Waals surface area (Å²) in [6.07, 6.45) is 0. The van der Waals surface area contributed by atoms with Crippen molar-refractivity contribution in [1.82, 2.24) is 5.32 Å². The summed E-state index contributed by atoms with van der Waals surface area (Å²) in [5.74, 6) is -1.25. The van der Waals surface area contributed by atoms with Gasteiger partial charge in [-0.3, -0.25) is 4.79 Å². The molecule has 1 unspecified atom stereocenters. The zero-order chi connectivity index (χ0) is 16.2. The van der Waals surface area contributed by atoms with Crippen LogP contribution in [-0.2, 0) is 20.4 Å². The molecular formula is C14H19ClFNO3S. The standard InChI is InChI=1S/C14H19ClFNO3S/c1-9(2)7-17-14(18)10(3)21(19,20)8-11-4-5-12(16)6-13(11)15/h4-6,9-10H,7-8H2,1-3H3,(H,17,18). The maximum Gasteiger partial charge on any atom is 0.238 e. The molecule has 0 saturated carbocycles. The van der Waals surface area contributed by atoms with E-state index in [1.807, 2.05) is 13.8 Å². The number of benzene rings is 1. The second kappa shape index (κ2) is 7.22. The lowest BCUT2D eigenvalue weighted by Crippen LogP contribution is -2.39. The first kappa shape index (κ1) is 17.9. The highest BCUT2D eigenvalue weighted by Gasteiger charge is 2.28. The molecule has 0 heterocycles. The lowest BCUT2D eigenvalue weighted by molar-refractivity contribution is -0.120. The Morgan fingerprint density at radius 2 is 1.95 bits per heavy atom. The zero-order valence-electron chi connectivity index (χ0n) is 12.2. The van der Waals surface area contributed by atoms with Gasteiger partial charge in [-0.05, 0) is 30.5 Å². The molecule has 1 atom stereocenters. The third-order valence-electron chi connectivity index (χ3n) is 2.96. The van der Waals surface area contributed by atoms with Gasteiger partial charge in [0.05, 0.1) is 5.75 Å². The summed E-state index contributed by atoms with van der Waals surface area (Å²) in [5.41, 5.74) is 0.279. The third kappa shape index (κ3) is 5.28. The summed E-state index contributed by atoms with van der Waals surface area (Å²) in [6, 6.07) is 3.50. The van der Waals surface area contributed by atoms with Gasteiger partial charge in [0.1, 0.15) is 11.1 Å². The SMILES string of the molecule is CC(C)CNC(=O)C(C)S(=O)(=O)Cc1ccc(F)cc1Cl. The average molecular weight is 336 g/mol. The number of hydrogen-bond donors (Lipinski definition) is 1. The molecule has 4 nitrogen and oxygen atoms in total. The van der Waals surface area contributed by atoms with Crippen LogP contribution in [0.5, 0.6) is 0 Å². The minimum atomic E-state index is -3.71. The molecule has 1 aromatic rings. The van der Waals surface area contributed by atoms with Crippen molar-refractivity contribution in [3.63, 3.8) is 0 Å². The first-order valence-corrected chi connectivity index (χ1v) is 8.66. The highest BCUT2D eigenvalue weighted by atomic mass is 35.5. The minimum absolute atomic E-state index is 0.0355. The summed E-state index contributed by atoms with van der Waals surface area (Å²) < 4.78 is 37.4. The fourth-order valence-corrected chi connectivity index (χ4v) is 3.25. The van der Waals surface area contributed by atoms with Crippen LogP contribution in [0.3, 0.4) is 0 Å². The van der Waals surface area contributed by atoms with Gasteiger partial charge in [-0.25, -0.2) is 12.8 Å². The van der Waals surface area contributed by atoms with E-state index in [2.05, 4.69) is 5.32 Å². The molecule has 0 spiro atoms. The smallest absolute Gasteiger partial charge is 0.238 e. The zero-order valence-corrected chi connectivity index (χ0v) is 13.8. The molecule has 7 heteroatoms. The van der Waals surface area contributed by atoms with E-state index in [1.165, 1.54) is 13.0 Å². The molecule has 1 aromatic carbocycles. The van der Waals surface area contributed by atoms with Crippen molar-refractivity contribution in [1.29, 1.82) is 0 Å². The fourth-order valence-electron chi connectivity index (χ4n) is 1.59. The summed E-state index contributed by atoms with van der Waals surface area (Å²) in [5, 5.41) is 1.44. The van der Waals surface area contributed by atoms with E-state index in [4.69, 9.17) is 11.6 Å². The molecule has 0 radical (unpaired) electrons. The van der Waals surface area contributed by atoms with Gasteiger partial charge in [0.2, 0.25) is 5.91 Å². The van der Waals surface area contributed by atoms with Crippen molar-refractivity contribution in [2.75, 3.05) is 6.54 Å². The van der Waals surface area contributed by atoms with Crippen molar-refractivity contribution < 1.29 is 17.6 Å². The molecule has 1 amide bonds. The van der Waals surface area contributed by atoms with Crippen LogP contribution in [0.4, 0.5) is 4.39 Å². The Kier molecular flexibility index (Phi) is 6.16. The monoisotopic (exact) mass is 335 g/mol. The van der Waals surface area contributed by atoms with E-state index in [9.17, 15) is 17.6 Å². The summed E-state index contributed by atoms with van der Waals surface area (Å²) in [6.45, 7) is 5.58. The fraction of sp³-hybridized carbons (Fsp3) is 0.500. The van der Waals surface area contributed by atoms with E-state index in [0.717, 1.165) is 12.1 Å². The van der Waals surface area contributed by atoms with Gasteiger partial charge >= 0.3 is 0 Å². The van der Waals surface area contributed by atoms with Crippen LogP contribution >= 0.6 is 11.6 Å². The number of carbonyl (C=O) groups is 1. The Bertz CT molecular complexity index is 617. The molecule has 118 valence electrons. The van der Waals surface area contributed by atoms with Crippen LogP contribution in [0.1, 0.15) is 26.3 Å². The second-order valence-corrected chi connectivity index (χ2v) is 8.05. The van der Waals surface area contributed by atoms with Crippen molar-refractivity contribution in [3.05, 3.63) is 34.6 Å². The van der Waals surface area contributed by atoms with Crippen LogP contribution in [0.25, 0.3) is 0 Å². The highest BCUT2D eigenvalue weighted by Crippen LogP contribution is 2.21. The molecule has 0 bridgehead atoms. The first-order valence-electron chi connectivity index (χ1n) is 6.56. The molecule has 0 aliphatic rings. The molecule has 1 rings (SSSR count). The van der Waals surface area contributed by atoms with Crippen LogP contribution in [0.15, 0.2) is 18.2 Å². The summed E-state index contributed by atoms with van der Waals surface area (Å²) >= 11 is 5.82. The van der Waals surface area contributed by atoms with Crippen LogP contribution < -0.4 is 5.32 Å². The minimum Gasteiger partial charge on any atom is -0.355 e. The summed E-state index contributed by atoms with van der Waals surface area (Å²) in [7, 11) is -3.71. The molecule has 0 saturated heterocycles. The number of nitrogens with one attached hydrogen (secondary N) is 1. The summed E-state index contributed by atoms with van der Waals surface area (Å²) in [4.78, 5) is 11.8. The van der Waals surface area contributed by atoms with Gasteiger partial charge < -0.3 is 5.32 Å². The van der Waals surface area contributed by atoms with Crippen LogP contribution in [0.2, 0.25) is 5.02 Å². The number of sulfone groups is 1. The predicted molar refractivity (Wildman–Crippen MR) is 81.3 cm³/mol. The van der Waals surface area contributed by atoms with E-state index >= 15 is 0 Å². The van der Waals surface area contributed by atoms with Gasteiger partial charge in [-0.1, -0.05) is 31.5 Å². The predicted octanol–water partition coefficient (Wildman–Crippen LogP) is 2.55. The number of halogens is 2. The Labute approximate surface area is 129 Å². The number of rotatable bonds is 6. The lowest BCUT2D eigenvalue weighted by atomic mass is 10.2. The van der Waals surface area contributed by atoms with Crippen LogP contribution in [0, 0.1) is 11.7 Å². The maximum atomic E-state index is 12.9. The highest BCUT2D eigenvalue weighted by molar-refractivity contribution is 7.92. The second-order valence-electron chi connectivity index (χ2n) is 5.32. The average Bonchev–Trinajstić information content (AvgIpc) is 2.38. The van der Waals surface area contributed by atoms with Crippen molar-refractivity contribution in [2.45, 2.75) is 31.8 Å². The Morgan fingerprint density at radius 3 is 2.48 bits per heavy atom. The Balaban J connectivity index is 2.83. The maximum absolute atomic E-state index is 12.9. The van der Waals surface area contributed by atoms with Crippen molar-refractivity contribution >= 4 is 27.3 Å².